The summed E-state index contributed by atoms with van der Waals surface area (Å²) in [5.74, 6) is -0.446. The number of hydrogen-bond donors (Lipinski definition) is 4. The topological polar surface area (TPSA) is 120 Å². The van der Waals surface area contributed by atoms with Crippen LogP contribution in [0.2, 0.25) is 0 Å². The van der Waals surface area contributed by atoms with E-state index in [2.05, 4.69) is 66.7 Å². The highest BCUT2D eigenvalue weighted by Crippen LogP contribution is 2.39. The van der Waals surface area contributed by atoms with E-state index in [-0.39, 0.29) is 43.1 Å². The van der Waals surface area contributed by atoms with E-state index in [0.717, 1.165) is 36.0 Å². The number of ether oxygens (including phenoxy) is 2. The van der Waals surface area contributed by atoms with Gasteiger partial charge in [0.1, 0.15) is 0 Å². The maximum absolute atomic E-state index is 12.5. The van der Waals surface area contributed by atoms with E-state index >= 15 is 0 Å². The Hall–Kier alpha value is -4.12. The molecule has 0 saturated carbocycles. The summed E-state index contributed by atoms with van der Waals surface area (Å²) in [6.07, 6.45) is 3.54. The third-order valence-electron chi connectivity index (χ3n) is 9.17. The largest absolute Gasteiger partial charge is 0.392 e. The number of hydroxylamine groups is 1. The van der Waals surface area contributed by atoms with Crippen LogP contribution in [-0.4, -0.2) is 46.7 Å². The molecule has 5 rings (SSSR count). The molecule has 0 radical (unpaired) electrons. The molecule has 1 saturated heterocycles. The van der Waals surface area contributed by atoms with E-state index in [1.807, 2.05) is 48.5 Å². The molecular formula is C39H47N3O6. The summed E-state index contributed by atoms with van der Waals surface area (Å²) in [5, 5.41) is 23.5. The highest BCUT2D eigenvalue weighted by molar-refractivity contribution is 5.90. The van der Waals surface area contributed by atoms with Crippen LogP contribution in [0.1, 0.15) is 92.6 Å². The van der Waals surface area contributed by atoms with Crippen LogP contribution in [0.5, 0.6) is 0 Å². The van der Waals surface area contributed by atoms with Crippen molar-refractivity contribution in [2.45, 2.75) is 83.0 Å². The number of aliphatic hydroxyl groups excluding tert-OH is 1. The van der Waals surface area contributed by atoms with Gasteiger partial charge in [-0.25, -0.2) is 5.48 Å². The molecule has 4 aromatic carbocycles. The van der Waals surface area contributed by atoms with Gasteiger partial charge >= 0.3 is 0 Å². The van der Waals surface area contributed by atoms with Gasteiger partial charge in [0.05, 0.1) is 18.8 Å². The van der Waals surface area contributed by atoms with Gasteiger partial charge in [-0.3, -0.25) is 19.7 Å². The van der Waals surface area contributed by atoms with Crippen molar-refractivity contribution >= 4 is 28.3 Å². The molecule has 9 nitrogen and oxygen atoms in total. The highest BCUT2D eigenvalue weighted by Gasteiger charge is 2.33. The minimum Gasteiger partial charge on any atom is -0.392 e. The standard InChI is InChI=1S/C39H47N3O6/c1-27(32-18-17-29-9-7-8-10-33(29)23-32)42(2)25-35-24-36(30-15-13-28(26-43)14-16-30)48-39(47-35)31-19-21-34(22-20-31)40-37(44)11-5-3-4-6-12-38(45)41-46/h7-10,13-23,27,35-36,39,43,46H,3-6,11-12,24-26H2,1-2H3,(H,40,44)(H,41,45)/t27-,35-,36+,39+/m1/s1. The minimum absolute atomic E-state index is 0.00792. The molecule has 9 heteroatoms. The summed E-state index contributed by atoms with van der Waals surface area (Å²) in [7, 11) is 2.13. The molecule has 2 amide bonds. The fraction of sp³-hybridized carbons (Fsp3) is 0.385. The van der Waals surface area contributed by atoms with Gasteiger partial charge in [-0.05, 0) is 72.5 Å². The molecule has 4 aromatic rings. The number of anilines is 1. The smallest absolute Gasteiger partial charge is 0.243 e. The summed E-state index contributed by atoms with van der Waals surface area (Å²) >= 11 is 0. The van der Waals surface area contributed by atoms with Gasteiger partial charge in [0, 0.05) is 43.1 Å². The number of fused-ring (bicyclic) bond motifs is 1. The van der Waals surface area contributed by atoms with Crippen molar-refractivity contribution in [1.29, 1.82) is 0 Å². The van der Waals surface area contributed by atoms with Crippen molar-refractivity contribution < 1.29 is 29.4 Å². The summed E-state index contributed by atoms with van der Waals surface area (Å²) in [6.45, 7) is 2.92. The van der Waals surface area contributed by atoms with E-state index in [1.54, 1.807) is 5.48 Å². The number of unbranched alkanes of at least 4 members (excludes halogenated alkanes) is 3. The highest BCUT2D eigenvalue weighted by atomic mass is 16.7. The minimum atomic E-state index is -0.590. The van der Waals surface area contributed by atoms with Crippen LogP contribution in [0.4, 0.5) is 5.69 Å². The number of carbonyl (C=O) groups is 2. The van der Waals surface area contributed by atoms with E-state index in [1.165, 1.54) is 16.3 Å². The second kappa shape index (κ2) is 17.3. The number of amides is 2. The Morgan fingerprint density at radius 2 is 1.50 bits per heavy atom. The Bertz CT molecular complexity index is 1630. The van der Waals surface area contributed by atoms with Crippen LogP contribution < -0.4 is 10.8 Å². The zero-order valence-corrected chi connectivity index (χ0v) is 27.8. The third kappa shape index (κ3) is 9.71. The molecule has 0 aromatic heterocycles. The molecule has 0 unspecified atom stereocenters. The van der Waals surface area contributed by atoms with Crippen LogP contribution in [0, 0.1) is 0 Å². The van der Waals surface area contributed by atoms with Crippen LogP contribution >= 0.6 is 0 Å². The number of aliphatic hydroxyl groups is 1. The molecule has 0 bridgehead atoms. The van der Waals surface area contributed by atoms with Gasteiger partial charge < -0.3 is 19.9 Å². The third-order valence-corrected chi connectivity index (χ3v) is 9.17. The maximum atomic E-state index is 12.5. The maximum Gasteiger partial charge on any atom is 0.243 e. The first-order chi connectivity index (χ1) is 23.3. The number of likely N-dealkylation sites (N-methyl/N-ethyl adjacent to an activating group) is 1. The summed E-state index contributed by atoms with van der Waals surface area (Å²) in [4.78, 5) is 25.9. The lowest BCUT2D eigenvalue weighted by Gasteiger charge is -2.39. The van der Waals surface area contributed by atoms with Crippen molar-refractivity contribution in [3.8, 4) is 0 Å². The fourth-order valence-corrected chi connectivity index (χ4v) is 6.16. The number of nitrogens with one attached hydrogen (secondary N) is 2. The molecule has 48 heavy (non-hydrogen) atoms. The fourth-order valence-electron chi connectivity index (χ4n) is 6.16. The van der Waals surface area contributed by atoms with Gasteiger partial charge in [-0.2, -0.15) is 0 Å². The monoisotopic (exact) mass is 653 g/mol. The molecule has 0 spiro atoms. The molecule has 0 aliphatic carbocycles. The van der Waals surface area contributed by atoms with E-state index < -0.39 is 6.29 Å². The Morgan fingerprint density at radius 1 is 0.833 bits per heavy atom. The Labute approximate surface area is 282 Å². The van der Waals surface area contributed by atoms with Crippen LogP contribution in [-0.2, 0) is 25.7 Å². The molecule has 254 valence electrons. The van der Waals surface area contributed by atoms with E-state index in [0.29, 0.717) is 31.5 Å². The zero-order chi connectivity index (χ0) is 33.9. The lowest BCUT2D eigenvalue weighted by atomic mass is 9.98. The molecule has 1 aliphatic rings. The normalized spacial score (nSPS) is 18.5. The summed E-state index contributed by atoms with van der Waals surface area (Å²) in [6, 6.07) is 30.7. The average Bonchev–Trinajstić information content (AvgIpc) is 3.12. The summed E-state index contributed by atoms with van der Waals surface area (Å²) < 4.78 is 13.1. The first kappa shape index (κ1) is 35.2. The zero-order valence-electron chi connectivity index (χ0n) is 27.8. The first-order valence-electron chi connectivity index (χ1n) is 16.8. The second-order valence-electron chi connectivity index (χ2n) is 12.7. The summed E-state index contributed by atoms with van der Waals surface area (Å²) in [5.41, 5.74) is 6.35. The lowest BCUT2D eigenvalue weighted by molar-refractivity contribution is -0.253. The van der Waals surface area contributed by atoms with Gasteiger partial charge in [0.2, 0.25) is 11.8 Å². The van der Waals surface area contributed by atoms with E-state index in [4.69, 9.17) is 14.7 Å². The van der Waals surface area contributed by atoms with Gasteiger partial charge in [0.25, 0.3) is 0 Å². The number of rotatable bonds is 15. The number of nitrogens with zero attached hydrogens (tertiary/aromatic N) is 1. The SMILES string of the molecule is C[C@H](c1ccc2ccccc2c1)N(C)C[C@H]1C[C@@H](c2ccc(CO)cc2)O[C@@H](c2ccc(NC(=O)CCCCCCC(=O)NO)cc2)O1. The Balaban J connectivity index is 1.22. The number of benzene rings is 4. The molecule has 4 atom stereocenters. The first-order valence-corrected chi connectivity index (χ1v) is 16.8. The second-order valence-corrected chi connectivity index (χ2v) is 12.7. The van der Waals surface area contributed by atoms with Crippen molar-refractivity contribution in [3.63, 3.8) is 0 Å². The lowest BCUT2D eigenvalue weighted by Crippen LogP contribution is -2.38. The Kier molecular flexibility index (Phi) is 12.7. The van der Waals surface area contributed by atoms with Crippen LogP contribution in [0.15, 0.2) is 91.0 Å². The van der Waals surface area contributed by atoms with Crippen molar-refractivity contribution in [1.82, 2.24) is 10.4 Å². The van der Waals surface area contributed by atoms with Gasteiger partial charge in [0.15, 0.2) is 6.29 Å². The van der Waals surface area contributed by atoms with Gasteiger partial charge in [-0.15, -0.1) is 0 Å². The predicted octanol–water partition coefficient (Wildman–Crippen LogP) is 7.36. The molecular weight excluding hydrogens is 606 g/mol. The van der Waals surface area contributed by atoms with Crippen LogP contribution in [0.25, 0.3) is 10.8 Å². The van der Waals surface area contributed by atoms with Crippen molar-refractivity contribution in [2.24, 2.45) is 0 Å². The predicted molar refractivity (Wildman–Crippen MR) is 186 cm³/mol. The average molecular weight is 654 g/mol. The quantitative estimate of drug-likeness (QED) is 0.0601. The Morgan fingerprint density at radius 3 is 2.19 bits per heavy atom. The molecule has 1 aliphatic heterocycles. The van der Waals surface area contributed by atoms with Crippen molar-refractivity contribution in [3.05, 3.63) is 113 Å². The molecule has 1 heterocycles. The molecule has 1 fully saturated rings. The van der Waals surface area contributed by atoms with Gasteiger partial charge in [-0.1, -0.05) is 85.6 Å². The van der Waals surface area contributed by atoms with Crippen LogP contribution in [0.3, 0.4) is 0 Å². The number of carbonyl (C=O) groups excluding carboxylic acids is 2. The van der Waals surface area contributed by atoms with Crippen molar-refractivity contribution in [2.75, 3.05) is 18.9 Å². The van der Waals surface area contributed by atoms with E-state index in [9.17, 15) is 14.7 Å². The molecule has 4 N–H and O–H groups in total. The number of hydrogen-bond acceptors (Lipinski definition) is 7.